The van der Waals surface area contributed by atoms with Gasteiger partial charge in [-0.1, -0.05) is 6.07 Å². The number of benzene rings is 1. The summed E-state index contributed by atoms with van der Waals surface area (Å²) in [7, 11) is 0. The maximum absolute atomic E-state index is 12.6. The smallest absolute Gasteiger partial charge is 0.255 e. The number of aryl methyl sites for hydroxylation is 2. The molecule has 1 aromatic carbocycles. The van der Waals surface area contributed by atoms with Crippen molar-refractivity contribution in [3.63, 3.8) is 0 Å². The Kier molecular flexibility index (Phi) is 5.21. The molecule has 30 heavy (non-hydrogen) atoms. The number of amides is 1. The molecular weight excluding hydrogens is 380 g/mol. The molecule has 8 nitrogen and oxygen atoms in total. The fourth-order valence-electron chi connectivity index (χ4n) is 3.18. The van der Waals surface area contributed by atoms with E-state index in [9.17, 15) is 9.59 Å². The van der Waals surface area contributed by atoms with Crippen LogP contribution in [0.15, 0.2) is 65.8 Å². The van der Waals surface area contributed by atoms with Gasteiger partial charge in [-0.3, -0.25) is 14.6 Å². The summed E-state index contributed by atoms with van der Waals surface area (Å²) in [6, 6.07) is 12.9. The van der Waals surface area contributed by atoms with Crippen LogP contribution in [0, 0.1) is 13.8 Å². The molecule has 2 N–H and O–H groups in total. The van der Waals surface area contributed by atoms with Crippen molar-refractivity contribution in [3.05, 3.63) is 88.4 Å². The highest BCUT2D eigenvalue weighted by Gasteiger charge is 2.14. The second-order valence-electron chi connectivity index (χ2n) is 6.88. The Morgan fingerprint density at radius 2 is 2.00 bits per heavy atom. The Labute approximate surface area is 172 Å². The second-order valence-corrected chi connectivity index (χ2v) is 6.88. The third kappa shape index (κ3) is 4.02. The summed E-state index contributed by atoms with van der Waals surface area (Å²) < 4.78 is 1.78. The fraction of sp³-hybridized carbons (Fsp3) is 0.136. The highest BCUT2D eigenvalue weighted by atomic mass is 16.2. The van der Waals surface area contributed by atoms with E-state index in [0.29, 0.717) is 28.3 Å². The number of nitrogens with zero attached hydrogens (tertiary/aromatic N) is 4. The molecular formula is C22H20N6O2. The van der Waals surface area contributed by atoms with Gasteiger partial charge in [-0.15, -0.1) is 0 Å². The molecule has 0 unspecified atom stereocenters. The van der Waals surface area contributed by atoms with Gasteiger partial charge >= 0.3 is 0 Å². The van der Waals surface area contributed by atoms with Crippen molar-refractivity contribution in [2.45, 2.75) is 20.3 Å². The minimum Gasteiger partial charge on any atom is -0.326 e. The normalized spacial score (nSPS) is 10.7. The van der Waals surface area contributed by atoms with Crippen molar-refractivity contribution in [2.75, 3.05) is 5.32 Å². The van der Waals surface area contributed by atoms with E-state index in [1.54, 1.807) is 42.3 Å². The Morgan fingerprint density at radius 3 is 2.70 bits per heavy atom. The Morgan fingerprint density at radius 1 is 1.13 bits per heavy atom. The summed E-state index contributed by atoms with van der Waals surface area (Å²) in [5.41, 5.74) is 3.67. The summed E-state index contributed by atoms with van der Waals surface area (Å²) >= 11 is 0. The lowest BCUT2D eigenvalue weighted by molar-refractivity contribution is -0.115. The van der Waals surface area contributed by atoms with Crippen LogP contribution in [0.5, 0.6) is 0 Å². The number of carbonyl (C=O) groups is 1. The first-order valence-corrected chi connectivity index (χ1v) is 9.42. The lowest BCUT2D eigenvalue weighted by atomic mass is 10.1. The van der Waals surface area contributed by atoms with E-state index in [4.69, 9.17) is 0 Å². The zero-order valence-electron chi connectivity index (χ0n) is 16.6. The first-order valence-electron chi connectivity index (χ1n) is 9.42. The van der Waals surface area contributed by atoms with Gasteiger partial charge in [0.1, 0.15) is 5.82 Å². The largest absolute Gasteiger partial charge is 0.326 e. The molecule has 8 heteroatoms. The molecule has 0 fully saturated rings. The molecule has 0 aliphatic carbocycles. The van der Waals surface area contributed by atoms with E-state index in [-0.39, 0.29) is 17.9 Å². The molecule has 0 aliphatic heterocycles. The van der Waals surface area contributed by atoms with Gasteiger partial charge in [0.2, 0.25) is 5.91 Å². The second kappa shape index (κ2) is 8.12. The maximum Gasteiger partial charge on any atom is 0.255 e. The van der Waals surface area contributed by atoms with Crippen LogP contribution < -0.4 is 10.9 Å². The number of carbonyl (C=O) groups excluding carboxylic acids is 1. The van der Waals surface area contributed by atoms with E-state index >= 15 is 0 Å². The van der Waals surface area contributed by atoms with Gasteiger partial charge in [-0.25, -0.2) is 9.67 Å². The third-order valence-corrected chi connectivity index (χ3v) is 4.70. The van der Waals surface area contributed by atoms with Crippen LogP contribution >= 0.6 is 0 Å². The van der Waals surface area contributed by atoms with Crippen LogP contribution in [0.25, 0.3) is 17.1 Å². The summed E-state index contributed by atoms with van der Waals surface area (Å²) in [5, 5.41) is 7.12. The van der Waals surface area contributed by atoms with Crippen molar-refractivity contribution in [1.82, 2.24) is 24.7 Å². The highest BCUT2D eigenvalue weighted by Crippen LogP contribution is 2.17. The van der Waals surface area contributed by atoms with E-state index in [2.05, 4.69) is 25.4 Å². The molecule has 0 atom stereocenters. The van der Waals surface area contributed by atoms with Gasteiger partial charge < -0.3 is 10.3 Å². The number of aromatic nitrogens is 5. The number of rotatable bonds is 5. The topological polar surface area (TPSA) is 106 Å². The summed E-state index contributed by atoms with van der Waals surface area (Å²) in [6.45, 7) is 3.67. The first kappa shape index (κ1) is 19.3. The number of nitrogens with one attached hydrogen (secondary N) is 2. The zero-order chi connectivity index (χ0) is 21.1. The average Bonchev–Trinajstić information content (AvgIpc) is 3.17. The van der Waals surface area contributed by atoms with Gasteiger partial charge in [0.15, 0.2) is 0 Å². The molecule has 150 valence electrons. The number of hydrogen-bond donors (Lipinski definition) is 2. The summed E-state index contributed by atoms with van der Waals surface area (Å²) in [5.74, 6) is 0.130. The molecule has 0 saturated carbocycles. The van der Waals surface area contributed by atoms with Crippen LogP contribution in [0.2, 0.25) is 0 Å². The van der Waals surface area contributed by atoms with E-state index in [1.807, 2.05) is 37.3 Å². The molecule has 1 amide bonds. The predicted octanol–water partition coefficient (Wildman–Crippen LogP) is 2.82. The average molecular weight is 400 g/mol. The monoisotopic (exact) mass is 400 g/mol. The van der Waals surface area contributed by atoms with E-state index in [1.165, 1.54) is 0 Å². The molecule has 0 saturated heterocycles. The Bertz CT molecular complexity index is 1260. The molecule has 3 heterocycles. The van der Waals surface area contributed by atoms with E-state index in [0.717, 1.165) is 11.4 Å². The minimum absolute atomic E-state index is 0.0769. The van der Waals surface area contributed by atoms with Gasteiger partial charge in [0.05, 0.1) is 12.1 Å². The zero-order valence-corrected chi connectivity index (χ0v) is 16.6. The van der Waals surface area contributed by atoms with Crippen molar-refractivity contribution < 1.29 is 4.79 Å². The Hall–Kier alpha value is -4.07. The van der Waals surface area contributed by atoms with Crippen molar-refractivity contribution in [1.29, 1.82) is 0 Å². The van der Waals surface area contributed by atoms with Crippen LogP contribution in [-0.2, 0) is 11.2 Å². The number of aromatic amines is 1. The van der Waals surface area contributed by atoms with Gasteiger partial charge in [-0.2, -0.15) is 5.10 Å². The minimum atomic E-state index is -0.336. The van der Waals surface area contributed by atoms with Gasteiger partial charge in [-0.05, 0) is 50.2 Å². The van der Waals surface area contributed by atoms with Crippen molar-refractivity contribution in [2.24, 2.45) is 0 Å². The van der Waals surface area contributed by atoms with Crippen LogP contribution in [-0.4, -0.2) is 30.6 Å². The maximum atomic E-state index is 12.6. The van der Waals surface area contributed by atoms with Crippen molar-refractivity contribution >= 4 is 11.6 Å². The number of pyridine rings is 1. The van der Waals surface area contributed by atoms with Crippen LogP contribution in [0.4, 0.5) is 5.69 Å². The molecule has 0 radical (unpaired) electrons. The van der Waals surface area contributed by atoms with Crippen LogP contribution in [0.3, 0.4) is 0 Å². The molecule has 0 bridgehead atoms. The van der Waals surface area contributed by atoms with Gasteiger partial charge in [0, 0.05) is 46.8 Å². The highest BCUT2D eigenvalue weighted by molar-refractivity contribution is 5.92. The predicted molar refractivity (Wildman–Crippen MR) is 113 cm³/mol. The lowest BCUT2D eigenvalue weighted by Crippen LogP contribution is -2.24. The number of hydrogen-bond acceptors (Lipinski definition) is 5. The van der Waals surface area contributed by atoms with Crippen LogP contribution in [0.1, 0.15) is 17.0 Å². The Balaban J connectivity index is 1.52. The number of H-pyrrole nitrogens is 1. The molecule has 4 rings (SSSR count). The first-order chi connectivity index (χ1) is 14.5. The van der Waals surface area contributed by atoms with Crippen molar-refractivity contribution in [3.8, 4) is 17.1 Å². The number of anilines is 1. The fourth-order valence-corrected chi connectivity index (χ4v) is 3.18. The van der Waals surface area contributed by atoms with Gasteiger partial charge in [0.25, 0.3) is 5.56 Å². The molecule has 0 spiro atoms. The standard InChI is InChI=1S/C22H20N6O2/c1-14-8-10-24-28(14)18-7-3-6-17(11-18)26-20(29)12-19-15(2)25-21(27-22(19)30)16-5-4-9-23-13-16/h3-11,13H,12H2,1-2H3,(H,26,29)(H,25,27,30). The summed E-state index contributed by atoms with van der Waals surface area (Å²) in [6.07, 6.45) is 4.92. The molecule has 3 aromatic heterocycles. The quantitative estimate of drug-likeness (QED) is 0.536. The third-order valence-electron chi connectivity index (χ3n) is 4.70. The molecule has 4 aromatic rings. The van der Waals surface area contributed by atoms with E-state index < -0.39 is 0 Å². The summed E-state index contributed by atoms with van der Waals surface area (Å²) in [4.78, 5) is 36.4. The lowest BCUT2D eigenvalue weighted by Gasteiger charge is -2.10. The SMILES string of the molecule is Cc1nc(-c2cccnc2)[nH]c(=O)c1CC(=O)Nc1cccc(-n2nccc2C)c1. The molecule has 0 aliphatic rings.